The molecule has 1 N–H and O–H groups in total. The maximum absolute atomic E-state index is 15.3. The summed E-state index contributed by atoms with van der Waals surface area (Å²) in [5, 5.41) is 4.01. The third-order valence-electron chi connectivity index (χ3n) is 7.07. The maximum Gasteiger partial charge on any atom is 0.278 e. The first-order valence-electron chi connectivity index (χ1n) is 11.8. The Morgan fingerprint density at radius 2 is 1.77 bits per heavy atom. The Morgan fingerprint density at radius 1 is 1.09 bits per heavy atom. The number of aromatic nitrogens is 2. The fraction of sp³-hybridized carbons (Fsp3) is 0.407. The third kappa shape index (κ3) is 4.09. The second-order valence-corrected chi connectivity index (χ2v) is 9.67. The first-order valence-corrected chi connectivity index (χ1v) is 11.8. The molecule has 0 saturated heterocycles. The van der Waals surface area contributed by atoms with Crippen LogP contribution in [0, 0.1) is 18.7 Å². The lowest BCUT2D eigenvalue weighted by Gasteiger charge is -2.41. The third-order valence-corrected chi connectivity index (χ3v) is 7.07. The first-order chi connectivity index (χ1) is 16.3. The average Bonchev–Trinajstić information content (AvgIpc) is 2.80. The number of aryl methyl sites for hydroxylation is 1. The highest BCUT2D eigenvalue weighted by Crippen LogP contribution is 2.42. The van der Waals surface area contributed by atoms with Gasteiger partial charge in [-0.25, -0.2) is 23.1 Å². The Kier molecular flexibility index (Phi) is 6.19. The number of nitrogens with zero attached hydrogens (tertiary/aromatic N) is 4. The van der Waals surface area contributed by atoms with Crippen LogP contribution < -0.4 is 15.1 Å². The molecule has 2 aromatic carbocycles. The quantitative estimate of drug-likeness (QED) is 0.433. The largest absolute Gasteiger partial charge is 0.365 e. The van der Waals surface area contributed by atoms with Crippen molar-refractivity contribution in [2.45, 2.75) is 52.6 Å². The topological polar surface area (TPSA) is 44.3 Å². The normalized spacial score (nSPS) is 17.2. The van der Waals surface area contributed by atoms with E-state index < -0.39 is 29.3 Å². The van der Waals surface area contributed by atoms with Crippen molar-refractivity contribution in [2.24, 2.45) is 5.92 Å². The minimum Gasteiger partial charge on any atom is -0.365 e. The van der Waals surface area contributed by atoms with Gasteiger partial charge in [0.05, 0.1) is 34.5 Å². The molecule has 4 rings (SSSR count). The molecular weight excluding hydrogens is 451 g/mol. The molecule has 186 valence electrons. The molecule has 2 heterocycles. The molecule has 0 aliphatic carbocycles. The lowest BCUT2D eigenvalue weighted by molar-refractivity contribution is -0.0545. The molecule has 0 saturated carbocycles. The van der Waals surface area contributed by atoms with Gasteiger partial charge in [0.2, 0.25) is 0 Å². The number of halogens is 3. The molecule has 5 nitrogen and oxygen atoms in total. The number of nitrogens with one attached hydrogen (secondary N) is 1. The molecular formula is C27H32F3N5. The van der Waals surface area contributed by atoms with E-state index in [2.05, 4.69) is 33.7 Å². The molecule has 1 aliphatic heterocycles. The summed E-state index contributed by atoms with van der Waals surface area (Å²) in [7, 11) is 3.99. The van der Waals surface area contributed by atoms with Crippen LogP contribution in [-0.4, -0.2) is 30.1 Å². The van der Waals surface area contributed by atoms with E-state index >= 15 is 4.39 Å². The highest BCUT2D eigenvalue weighted by Gasteiger charge is 2.39. The summed E-state index contributed by atoms with van der Waals surface area (Å²) in [6.07, 6.45) is 0. The fourth-order valence-electron chi connectivity index (χ4n) is 4.53. The molecule has 35 heavy (non-hydrogen) atoms. The number of hydrogen-bond acceptors (Lipinski definition) is 5. The predicted molar refractivity (Wildman–Crippen MR) is 137 cm³/mol. The molecule has 0 amide bonds. The van der Waals surface area contributed by atoms with Crippen LogP contribution in [0.3, 0.4) is 0 Å². The van der Waals surface area contributed by atoms with Crippen molar-refractivity contribution in [3.63, 3.8) is 0 Å². The molecule has 1 unspecified atom stereocenters. The number of benzene rings is 2. The van der Waals surface area contributed by atoms with Crippen molar-refractivity contribution in [3.8, 4) is 0 Å². The van der Waals surface area contributed by atoms with Crippen molar-refractivity contribution in [1.29, 1.82) is 0 Å². The van der Waals surface area contributed by atoms with Gasteiger partial charge in [-0.2, -0.15) is 0 Å². The van der Waals surface area contributed by atoms with Gasteiger partial charge in [-0.3, -0.25) is 0 Å². The summed E-state index contributed by atoms with van der Waals surface area (Å²) in [4.78, 5) is 13.4. The lowest BCUT2D eigenvalue weighted by Crippen LogP contribution is -2.41. The molecule has 1 aliphatic rings. The molecule has 2 atom stereocenters. The van der Waals surface area contributed by atoms with Gasteiger partial charge in [-0.05, 0) is 32.9 Å². The van der Waals surface area contributed by atoms with Crippen LogP contribution in [0.25, 0.3) is 10.9 Å². The van der Waals surface area contributed by atoms with Crippen molar-refractivity contribution < 1.29 is 13.2 Å². The molecule has 1 aromatic heterocycles. The molecule has 0 bridgehead atoms. The van der Waals surface area contributed by atoms with Crippen molar-refractivity contribution >= 4 is 28.1 Å². The number of rotatable bonds is 5. The zero-order valence-corrected chi connectivity index (χ0v) is 21.2. The van der Waals surface area contributed by atoms with Crippen LogP contribution >= 0.6 is 0 Å². The number of fused-ring (bicyclic) bond motifs is 2. The van der Waals surface area contributed by atoms with Gasteiger partial charge in [0.25, 0.3) is 5.92 Å². The standard InChI is InChI=1S/C27H32F3N5/c1-14(2)27(29,30)21-11-9-10-19(25(21)28)15(3)31-26-20-12-23-24(13-22(20)32-18(6)33-26)35(8)17(5)16(4)34(23)7/h9-15,17H,4H2,1-3,5-8H3,(H,31,32,33)/t15-,17?/m1/s1. The Bertz CT molecular complexity index is 1300. The van der Waals surface area contributed by atoms with Crippen molar-refractivity contribution in [1.82, 2.24) is 9.97 Å². The fourth-order valence-corrected chi connectivity index (χ4v) is 4.53. The van der Waals surface area contributed by atoms with Gasteiger partial charge >= 0.3 is 0 Å². The minimum atomic E-state index is -3.27. The van der Waals surface area contributed by atoms with Crippen molar-refractivity contribution in [2.75, 3.05) is 29.2 Å². The van der Waals surface area contributed by atoms with E-state index in [1.807, 2.05) is 31.1 Å². The summed E-state index contributed by atoms with van der Waals surface area (Å²) in [6, 6.07) is 7.68. The van der Waals surface area contributed by atoms with E-state index in [-0.39, 0.29) is 11.6 Å². The summed E-state index contributed by atoms with van der Waals surface area (Å²) >= 11 is 0. The molecule has 0 fully saturated rings. The highest BCUT2D eigenvalue weighted by atomic mass is 19.3. The Balaban J connectivity index is 1.79. The van der Waals surface area contributed by atoms with E-state index in [4.69, 9.17) is 0 Å². The number of likely N-dealkylation sites (N-methyl/N-ethyl adjacent to an activating group) is 2. The maximum atomic E-state index is 15.3. The summed E-state index contributed by atoms with van der Waals surface area (Å²) in [5.41, 5.74) is 3.24. The van der Waals surface area contributed by atoms with Crippen LogP contribution in [0.5, 0.6) is 0 Å². The zero-order chi connectivity index (χ0) is 25.8. The van der Waals surface area contributed by atoms with E-state index in [1.165, 1.54) is 26.0 Å². The highest BCUT2D eigenvalue weighted by molar-refractivity contribution is 5.98. The van der Waals surface area contributed by atoms with Gasteiger partial charge in [-0.1, -0.05) is 38.6 Å². The molecule has 0 spiro atoms. The monoisotopic (exact) mass is 483 g/mol. The minimum absolute atomic E-state index is 0.129. The van der Waals surface area contributed by atoms with Gasteiger partial charge in [-0.15, -0.1) is 0 Å². The molecule has 3 aromatic rings. The number of hydrogen-bond donors (Lipinski definition) is 1. The van der Waals surface area contributed by atoms with Gasteiger partial charge in [0, 0.05) is 36.7 Å². The summed E-state index contributed by atoms with van der Waals surface area (Å²) in [6.45, 7) is 12.6. The van der Waals surface area contributed by atoms with E-state index in [1.54, 1.807) is 13.8 Å². The van der Waals surface area contributed by atoms with Crippen molar-refractivity contribution in [3.05, 3.63) is 65.4 Å². The molecule has 8 heteroatoms. The van der Waals surface area contributed by atoms with Crippen LogP contribution in [0.2, 0.25) is 0 Å². The smallest absolute Gasteiger partial charge is 0.278 e. The average molecular weight is 484 g/mol. The van der Waals surface area contributed by atoms with Crippen LogP contribution in [0.4, 0.5) is 30.4 Å². The number of alkyl halides is 2. The van der Waals surface area contributed by atoms with E-state index in [0.29, 0.717) is 11.6 Å². The second-order valence-electron chi connectivity index (χ2n) is 9.67. The Morgan fingerprint density at radius 3 is 2.43 bits per heavy atom. The van der Waals surface area contributed by atoms with Gasteiger partial charge < -0.3 is 15.1 Å². The Labute approximate surface area is 204 Å². The van der Waals surface area contributed by atoms with Gasteiger partial charge in [0.1, 0.15) is 17.5 Å². The summed E-state index contributed by atoms with van der Waals surface area (Å²) < 4.78 is 44.6. The lowest BCUT2D eigenvalue weighted by atomic mass is 9.94. The van der Waals surface area contributed by atoms with E-state index in [0.717, 1.165) is 34.0 Å². The zero-order valence-electron chi connectivity index (χ0n) is 21.2. The van der Waals surface area contributed by atoms with Crippen LogP contribution in [-0.2, 0) is 5.92 Å². The summed E-state index contributed by atoms with van der Waals surface area (Å²) in [5.74, 6) is -4.12. The first kappa shape index (κ1) is 24.8. The van der Waals surface area contributed by atoms with Crippen LogP contribution in [0.15, 0.2) is 42.6 Å². The predicted octanol–water partition coefficient (Wildman–Crippen LogP) is 6.79. The van der Waals surface area contributed by atoms with Crippen LogP contribution in [0.1, 0.15) is 50.7 Å². The van der Waals surface area contributed by atoms with Gasteiger partial charge in [0.15, 0.2) is 0 Å². The number of anilines is 3. The van der Waals surface area contributed by atoms with E-state index in [9.17, 15) is 8.78 Å². The second kappa shape index (κ2) is 8.73. The SMILES string of the molecule is C=C1C(C)N(C)c2cc3nc(C)nc(N[C@H](C)c4cccc(C(F)(F)C(C)C)c4F)c3cc2N1C. The molecule has 0 radical (unpaired) electrons. The Hall–Kier alpha value is -3.29.